The van der Waals surface area contributed by atoms with Gasteiger partial charge in [0.05, 0.1) is 5.69 Å². The van der Waals surface area contributed by atoms with Gasteiger partial charge in [-0.25, -0.2) is 0 Å². The summed E-state index contributed by atoms with van der Waals surface area (Å²) < 4.78 is 1.55. The fourth-order valence-electron chi connectivity index (χ4n) is 3.46. The lowest BCUT2D eigenvalue weighted by molar-refractivity contribution is 0.0612. The number of tetrazole rings is 1. The third kappa shape index (κ3) is 2.98. The van der Waals surface area contributed by atoms with E-state index in [2.05, 4.69) is 20.8 Å². The zero-order valence-electron chi connectivity index (χ0n) is 12.6. The highest BCUT2D eigenvalue weighted by molar-refractivity contribution is 7.12. The molecule has 4 rings (SSSR count). The molecule has 0 unspecified atom stereocenters. The summed E-state index contributed by atoms with van der Waals surface area (Å²) in [5.41, 5.74) is 1.19. The first kappa shape index (κ1) is 16.4. The number of rotatable bonds is 2. The number of nitrogens with zero attached hydrogens (tertiary/aromatic N) is 5. The van der Waals surface area contributed by atoms with Crippen LogP contribution in [0.1, 0.15) is 28.9 Å². The van der Waals surface area contributed by atoms with Gasteiger partial charge in [-0.15, -0.1) is 28.8 Å². The number of piperidine rings is 1. The van der Waals surface area contributed by atoms with Crippen LogP contribution in [0.4, 0.5) is 0 Å². The van der Waals surface area contributed by atoms with Crippen LogP contribution >= 0.6 is 23.7 Å². The zero-order valence-corrected chi connectivity index (χ0v) is 14.3. The van der Waals surface area contributed by atoms with E-state index in [4.69, 9.17) is 0 Å². The highest BCUT2D eigenvalue weighted by atomic mass is 35.5. The second kappa shape index (κ2) is 6.54. The van der Waals surface area contributed by atoms with Crippen LogP contribution in [0.25, 0.3) is 5.69 Å². The molecule has 23 heavy (non-hydrogen) atoms. The Hall–Kier alpha value is -1.51. The number of thiophene rings is 1. The summed E-state index contributed by atoms with van der Waals surface area (Å²) in [4.78, 5) is 15.5. The van der Waals surface area contributed by atoms with E-state index in [-0.39, 0.29) is 18.3 Å². The molecule has 2 aromatic rings. The van der Waals surface area contributed by atoms with Gasteiger partial charge in [0, 0.05) is 19.6 Å². The smallest absolute Gasteiger partial charge is 0.266 e. The van der Waals surface area contributed by atoms with Crippen molar-refractivity contribution in [1.29, 1.82) is 0 Å². The molecule has 2 saturated heterocycles. The first-order valence-electron chi connectivity index (χ1n) is 7.58. The Balaban J connectivity index is 0.00000156. The van der Waals surface area contributed by atoms with Gasteiger partial charge in [-0.05, 0) is 53.1 Å². The standard InChI is InChI=1S/C14H18N6OS.ClH/c21-13(12-11(1-8-22-12)20-10-16-17-18-20)19-6-3-14(4-7-19)2-5-15-9-14;/h1,8,10,15H,2-7,9H2;1H. The van der Waals surface area contributed by atoms with E-state index in [9.17, 15) is 4.79 Å². The monoisotopic (exact) mass is 354 g/mol. The van der Waals surface area contributed by atoms with Crippen molar-refractivity contribution >= 4 is 29.7 Å². The van der Waals surface area contributed by atoms with Crippen LogP contribution in [0, 0.1) is 5.41 Å². The molecule has 1 N–H and O–H groups in total. The quantitative estimate of drug-likeness (QED) is 0.881. The van der Waals surface area contributed by atoms with Gasteiger partial charge in [-0.1, -0.05) is 0 Å². The fourth-order valence-corrected chi connectivity index (χ4v) is 4.31. The largest absolute Gasteiger partial charge is 0.338 e. The Labute approximate surface area is 144 Å². The van der Waals surface area contributed by atoms with Crippen LogP contribution in [0.2, 0.25) is 0 Å². The van der Waals surface area contributed by atoms with Crippen molar-refractivity contribution in [3.05, 3.63) is 22.7 Å². The molecule has 0 aliphatic carbocycles. The molecule has 0 bridgehead atoms. The first-order chi connectivity index (χ1) is 10.8. The normalized spacial score (nSPS) is 19.7. The van der Waals surface area contributed by atoms with E-state index in [0.717, 1.165) is 44.7 Å². The Bertz CT molecular complexity index is 657. The van der Waals surface area contributed by atoms with Gasteiger partial charge < -0.3 is 10.2 Å². The van der Waals surface area contributed by atoms with Crippen LogP contribution in [0.5, 0.6) is 0 Å². The third-order valence-corrected chi connectivity index (χ3v) is 5.77. The molecular formula is C14H19ClN6OS. The molecule has 0 atom stereocenters. The molecule has 0 radical (unpaired) electrons. The number of hydrogen-bond donors (Lipinski definition) is 1. The molecule has 9 heteroatoms. The zero-order chi connectivity index (χ0) is 15.0. The predicted octanol–water partition coefficient (Wildman–Crippen LogP) is 1.36. The number of carbonyl (C=O) groups is 1. The maximum absolute atomic E-state index is 12.8. The second-order valence-electron chi connectivity index (χ2n) is 6.11. The molecule has 2 aliphatic heterocycles. The number of likely N-dealkylation sites (tertiary alicyclic amines) is 1. The molecule has 124 valence electrons. The molecule has 1 amide bonds. The maximum Gasteiger partial charge on any atom is 0.266 e. The van der Waals surface area contributed by atoms with Crippen molar-refractivity contribution in [3.63, 3.8) is 0 Å². The molecule has 2 aliphatic rings. The Kier molecular flexibility index (Phi) is 4.65. The van der Waals surface area contributed by atoms with E-state index in [1.165, 1.54) is 24.1 Å². The number of amides is 1. The summed E-state index contributed by atoms with van der Waals surface area (Å²) >= 11 is 1.45. The predicted molar refractivity (Wildman–Crippen MR) is 89.3 cm³/mol. The van der Waals surface area contributed by atoms with Gasteiger partial charge in [-0.3, -0.25) is 4.79 Å². The van der Waals surface area contributed by atoms with Crippen molar-refractivity contribution < 1.29 is 4.79 Å². The lowest BCUT2D eigenvalue weighted by atomic mass is 9.78. The fraction of sp³-hybridized carbons (Fsp3) is 0.571. The van der Waals surface area contributed by atoms with Crippen LogP contribution in [0.15, 0.2) is 17.8 Å². The average Bonchev–Trinajstić information content (AvgIpc) is 3.28. The van der Waals surface area contributed by atoms with Crippen LogP contribution in [-0.2, 0) is 0 Å². The van der Waals surface area contributed by atoms with Crippen molar-refractivity contribution in [3.8, 4) is 5.69 Å². The Morgan fingerprint density at radius 2 is 2.13 bits per heavy atom. The third-order valence-electron chi connectivity index (χ3n) is 4.88. The number of halogens is 1. The molecule has 2 aromatic heterocycles. The molecule has 4 heterocycles. The number of aromatic nitrogens is 4. The van der Waals surface area contributed by atoms with Gasteiger partial charge >= 0.3 is 0 Å². The van der Waals surface area contributed by atoms with Gasteiger partial charge in [0.15, 0.2) is 0 Å². The molecule has 1 spiro atoms. The first-order valence-corrected chi connectivity index (χ1v) is 8.46. The minimum atomic E-state index is 0. The number of hydrogen-bond acceptors (Lipinski definition) is 6. The van der Waals surface area contributed by atoms with E-state index >= 15 is 0 Å². The van der Waals surface area contributed by atoms with Crippen LogP contribution in [0.3, 0.4) is 0 Å². The SMILES string of the molecule is Cl.O=C(c1sccc1-n1cnnn1)N1CCC2(CCNC2)CC1. The van der Waals surface area contributed by atoms with Crippen LogP contribution < -0.4 is 5.32 Å². The summed E-state index contributed by atoms with van der Waals surface area (Å²) in [6.07, 6.45) is 4.95. The van der Waals surface area contributed by atoms with Gasteiger partial charge in [0.1, 0.15) is 11.2 Å². The maximum atomic E-state index is 12.8. The summed E-state index contributed by atoms with van der Waals surface area (Å²) in [6.45, 7) is 3.90. The molecular weight excluding hydrogens is 336 g/mol. The van der Waals surface area contributed by atoms with Crippen molar-refractivity contribution in [1.82, 2.24) is 30.4 Å². The van der Waals surface area contributed by atoms with Gasteiger partial charge in [0.25, 0.3) is 5.91 Å². The molecule has 7 nitrogen and oxygen atoms in total. The summed E-state index contributed by atoms with van der Waals surface area (Å²) in [5.74, 6) is 0.0984. The average molecular weight is 355 g/mol. The molecule has 0 aromatic carbocycles. The number of nitrogens with one attached hydrogen (secondary N) is 1. The lowest BCUT2D eigenvalue weighted by Gasteiger charge is -2.38. The van der Waals surface area contributed by atoms with Crippen molar-refractivity contribution in [2.24, 2.45) is 5.41 Å². The lowest BCUT2D eigenvalue weighted by Crippen LogP contribution is -2.44. The van der Waals surface area contributed by atoms with E-state index < -0.39 is 0 Å². The van der Waals surface area contributed by atoms with Crippen LogP contribution in [-0.4, -0.2) is 57.2 Å². The topological polar surface area (TPSA) is 75.9 Å². The van der Waals surface area contributed by atoms with E-state index in [1.54, 1.807) is 4.68 Å². The van der Waals surface area contributed by atoms with Crippen molar-refractivity contribution in [2.75, 3.05) is 26.2 Å². The minimum Gasteiger partial charge on any atom is -0.338 e. The van der Waals surface area contributed by atoms with Crippen molar-refractivity contribution in [2.45, 2.75) is 19.3 Å². The minimum absolute atomic E-state index is 0. The van der Waals surface area contributed by atoms with Gasteiger partial charge in [-0.2, -0.15) is 4.68 Å². The Morgan fingerprint density at radius 1 is 1.30 bits per heavy atom. The highest BCUT2D eigenvalue weighted by Crippen LogP contribution is 2.37. The van der Waals surface area contributed by atoms with Gasteiger partial charge in [0.2, 0.25) is 0 Å². The Morgan fingerprint density at radius 3 is 2.78 bits per heavy atom. The van der Waals surface area contributed by atoms with E-state index in [1.807, 2.05) is 16.3 Å². The van der Waals surface area contributed by atoms with E-state index in [0.29, 0.717) is 10.3 Å². The number of carbonyl (C=O) groups excluding carboxylic acids is 1. The molecule has 0 saturated carbocycles. The summed E-state index contributed by atoms with van der Waals surface area (Å²) in [6, 6.07) is 1.89. The molecule has 2 fully saturated rings. The highest BCUT2D eigenvalue weighted by Gasteiger charge is 2.38. The summed E-state index contributed by atoms with van der Waals surface area (Å²) in [5, 5.41) is 16.5. The summed E-state index contributed by atoms with van der Waals surface area (Å²) in [7, 11) is 0. The second-order valence-corrected chi connectivity index (χ2v) is 7.02.